The van der Waals surface area contributed by atoms with Gasteiger partial charge in [-0.2, -0.15) is 0 Å². The maximum Gasteiger partial charge on any atom is 0.150 e. The normalized spacial score (nSPS) is 15.4. The van der Waals surface area contributed by atoms with Gasteiger partial charge in [-0.3, -0.25) is 10.3 Å². The Balaban J connectivity index is 2.43. The van der Waals surface area contributed by atoms with E-state index >= 15 is 0 Å². The number of anilines is 1. The molecule has 0 atom stereocenters. The molecule has 0 radical (unpaired) electrons. The molecule has 4 nitrogen and oxygen atoms in total. The van der Waals surface area contributed by atoms with E-state index in [2.05, 4.69) is 20.6 Å². The highest BCUT2D eigenvalue weighted by Crippen LogP contribution is 2.11. The van der Waals surface area contributed by atoms with Gasteiger partial charge in [-0.25, -0.2) is 4.98 Å². The van der Waals surface area contributed by atoms with Crippen LogP contribution < -0.4 is 10.6 Å². The number of nitrogens with one attached hydrogen (secondary N) is 2. The van der Waals surface area contributed by atoms with E-state index in [1.807, 2.05) is 6.92 Å². The Labute approximate surface area is 65.1 Å². The summed E-state index contributed by atoms with van der Waals surface area (Å²) in [5.74, 6) is 0.911. The van der Waals surface area contributed by atoms with Gasteiger partial charge in [0.1, 0.15) is 5.82 Å². The molecule has 11 heavy (non-hydrogen) atoms. The van der Waals surface area contributed by atoms with Gasteiger partial charge in [-0.1, -0.05) is 0 Å². The number of fused-ring (bicyclic) bond motifs is 1. The largest absolute Gasteiger partial charge is 0.356 e. The fourth-order valence-corrected chi connectivity index (χ4v) is 1.13. The van der Waals surface area contributed by atoms with Crippen molar-refractivity contribution in [2.75, 3.05) is 12.0 Å². The molecule has 2 heterocycles. The lowest BCUT2D eigenvalue weighted by molar-refractivity contribution is 0.679. The number of hydrogen-bond donors (Lipinski definition) is 2. The molecule has 0 saturated carbocycles. The Morgan fingerprint density at radius 3 is 3.36 bits per heavy atom. The van der Waals surface area contributed by atoms with Gasteiger partial charge >= 0.3 is 0 Å². The summed E-state index contributed by atoms with van der Waals surface area (Å²) < 4.78 is 0. The summed E-state index contributed by atoms with van der Waals surface area (Å²) in [6, 6.07) is 0. The molecule has 2 N–H and O–H groups in total. The van der Waals surface area contributed by atoms with Crippen LogP contribution in [0.25, 0.3) is 0 Å². The molecule has 1 aromatic heterocycles. The van der Waals surface area contributed by atoms with Crippen LogP contribution in [0.4, 0.5) is 5.82 Å². The van der Waals surface area contributed by atoms with E-state index in [0.29, 0.717) is 0 Å². The average Bonchev–Trinajstić information content (AvgIpc) is 2.04. The smallest absolute Gasteiger partial charge is 0.150 e. The van der Waals surface area contributed by atoms with Crippen molar-refractivity contribution in [1.29, 1.82) is 0 Å². The molecule has 0 spiro atoms. The number of hydrogen-bond acceptors (Lipinski definition) is 4. The Morgan fingerprint density at radius 1 is 1.55 bits per heavy atom. The molecule has 0 unspecified atom stereocenters. The highest BCUT2D eigenvalue weighted by atomic mass is 15.2. The minimum atomic E-state index is 0.782. The van der Waals surface area contributed by atoms with Crippen molar-refractivity contribution in [2.24, 2.45) is 0 Å². The van der Waals surface area contributed by atoms with Crippen LogP contribution in [0.2, 0.25) is 0 Å². The quantitative estimate of drug-likeness (QED) is 0.557. The van der Waals surface area contributed by atoms with Crippen molar-refractivity contribution in [1.82, 2.24) is 15.3 Å². The Hall–Kier alpha value is -1.16. The monoisotopic (exact) mass is 150 g/mol. The first-order chi connectivity index (χ1) is 5.36. The van der Waals surface area contributed by atoms with E-state index in [1.165, 1.54) is 0 Å². The molecule has 0 fully saturated rings. The van der Waals surface area contributed by atoms with Crippen molar-refractivity contribution in [2.45, 2.75) is 13.5 Å². The van der Waals surface area contributed by atoms with Crippen LogP contribution in [-0.4, -0.2) is 16.6 Å². The molecular formula is C7H10N4. The van der Waals surface area contributed by atoms with Crippen molar-refractivity contribution >= 4 is 5.82 Å². The van der Waals surface area contributed by atoms with Crippen LogP contribution >= 0.6 is 0 Å². The van der Waals surface area contributed by atoms with Crippen LogP contribution in [-0.2, 0) is 6.54 Å². The van der Waals surface area contributed by atoms with Gasteiger partial charge in [-0.15, -0.1) is 0 Å². The Bertz CT molecular complexity index is 271. The fourth-order valence-electron chi connectivity index (χ4n) is 1.13. The molecule has 1 aliphatic heterocycles. The highest BCUT2D eigenvalue weighted by Gasteiger charge is 2.09. The molecule has 0 aromatic carbocycles. The standard InChI is InChI=1S/C7H10N4/c1-5-2-9-7-6(11-5)3-8-4-10-7/h2,8H,3-4H2,1H3,(H,9,10). The third-order valence-corrected chi connectivity index (χ3v) is 1.64. The maximum absolute atomic E-state index is 4.33. The zero-order valence-electron chi connectivity index (χ0n) is 6.39. The highest BCUT2D eigenvalue weighted by molar-refractivity contribution is 5.41. The van der Waals surface area contributed by atoms with E-state index in [4.69, 9.17) is 0 Å². The summed E-state index contributed by atoms with van der Waals surface area (Å²) in [6.45, 7) is 3.55. The number of rotatable bonds is 0. The lowest BCUT2D eigenvalue weighted by atomic mass is 10.3. The van der Waals surface area contributed by atoms with E-state index in [0.717, 1.165) is 30.4 Å². The summed E-state index contributed by atoms with van der Waals surface area (Å²) in [6.07, 6.45) is 1.77. The number of nitrogens with zero attached hydrogens (tertiary/aromatic N) is 2. The van der Waals surface area contributed by atoms with Crippen molar-refractivity contribution in [3.8, 4) is 0 Å². The first-order valence-corrected chi connectivity index (χ1v) is 3.63. The molecular weight excluding hydrogens is 140 g/mol. The predicted molar refractivity (Wildman–Crippen MR) is 42.1 cm³/mol. The molecule has 58 valence electrons. The Morgan fingerprint density at radius 2 is 2.45 bits per heavy atom. The lowest BCUT2D eigenvalue weighted by Gasteiger charge is -2.16. The second kappa shape index (κ2) is 2.47. The van der Waals surface area contributed by atoms with Crippen molar-refractivity contribution in [3.63, 3.8) is 0 Å². The number of aryl methyl sites for hydroxylation is 1. The van der Waals surface area contributed by atoms with Gasteiger partial charge in [-0.05, 0) is 6.92 Å². The van der Waals surface area contributed by atoms with E-state index in [1.54, 1.807) is 6.20 Å². The van der Waals surface area contributed by atoms with Gasteiger partial charge in [0.15, 0.2) is 0 Å². The minimum absolute atomic E-state index is 0.782. The molecule has 1 aromatic rings. The molecule has 1 aliphatic rings. The third-order valence-electron chi connectivity index (χ3n) is 1.64. The first kappa shape index (κ1) is 6.54. The van der Waals surface area contributed by atoms with Gasteiger partial charge < -0.3 is 5.32 Å². The van der Waals surface area contributed by atoms with Gasteiger partial charge in [0.05, 0.1) is 24.3 Å². The van der Waals surface area contributed by atoms with Crippen LogP contribution in [0.1, 0.15) is 11.4 Å². The zero-order chi connectivity index (χ0) is 7.68. The van der Waals surface area contributed by atoms with Gasteiger partial charge in [0.25, 0.3) is 0 Å². The van der Waals surface area contributed by atoms with Gasteiger partial charge in [0.2, 0.25) is 0 Å². The third kappa shape index (κ3) is 1.17. The molecule has 0 saturated heterocycles. The zero-order valence-corrected chi connectivity index (χ0v) is 6.39. The summed E-state index contributed by atoms with van der Waals surface area (Å²) in [4.78, 5) is 8.53. The van der Waals surface area contributed by atoms with E-state index < -0.39 is 0 Å². The lowest BCUT2D eigenvalue weighted by Crippen LogP contribution is -2.29. The second-order valence-corrected chi connectivity index (χ2v) is 2.59. The molecule has 0 bridgehead atoms. The van der Waals surface area contributed by atoms with Crippen molar-refractivity contribution in [3.05, 3.63) is 17.6 Å². The van der Waals surface area contributed by atoms with Gasteiger partial charge in [0, 0.05) is 6.54 Å². The van der Waals surface area contributed by atoms with Crippen LogP contribution in [0.3, 0.4) is 0 Å². The first-order valence-electron chi connectivity index (χ1n) is 3.63. The summed E-state index contributed by atoms with van der Waals surface area (Å²) in [5.41, 5.74) is 1.98. The molecule has 2 rings (SSSR count). The SMILES string of the molecule is Cc1cnc2c(n1)CNCN2. The second-order valence-electron chi connectivity index (χ2n) is 2.59. The summed E-state index contributed by atoms with van der Waals surface area (Å²) in [5, 5.41) is 6.26. The predicted octanol–water partition coefficient (Wildman–Crippen LogP) is 0.258. The summed E-state index contributed by atoms with van der Waals surface area (Å²) in [7, 11) is 0. The van der Waals surface area contributed by atoms with Crippen LogP contribution in [0, 0.1) is 6.92 Å². The molecule has 0 amide bonds. The number of aromatic nitrogens is 2. The molecule has 4 heteroatoms. The minimum Gasteiger partial charge on any atom is -0.356 e. The average molecular weight is 150 g/mol. The van der Waals surface area contributed by atoms with Crippen molar-refractivity contribution < 1.29 is 0 Å². The van der Waals surface area contributed by atoms with Crippen LogP contribution in [0.15, 0.2) is 6.20 Å². The topological polar surface area (TPSA) is 49.8 Å². The van der Waals surface area contributed by atoms with E-state index in [9.17, 15) is 0 Å². The van der Waals surface area contributed by atoms with E-state index in [-0.39, 0.29) is 0 Å². The van der Waals surface area contributed by atoms with Crippen LogP contribution in [0.5, 0.6) is 0 Å². The maximum atomic E-state index is 4.33. The Kier molecular flexibility index (Phi) is 1.47. The fraction of sp³-hybridized carbons (Fsp3) is 0.429. The molecule has 0 aliphatic carbocycles. The summed E-state index contributed by atoms with van der Waals surface area (Å²) >= 11 is 0.